The van der Waals surface area contributed by atoms with Crippen LogP contribution in [-0.2, 0) is 5.75 Å². The first-order valence-corrected chi connectivity index (χ1v) is 7.38. The van der Waals surface area contributed by atoms with Gasteiger partial charge in [0.05, 0.1) is 7.11 Å². The Kier molecular flexibility index (Phi) is 4.71. The number of nitrogens with two attached hydrogens (primary N) is 1. The largest absolute Gasteiger partial charge is 0.497 e. The second-order valence-corrected chi connectivity index (χ2v) is 5.86. The van der Waals surface area contributed by atoms with E-state index in [-0.39, 0.29) is 5.82 Å². The Balaban J connectivity index is 2.10. The molecule has 0 saturated heterocycles. The predicted molar refractivity (Wildman–Crippen MR) is 81.1 cm³/mol. The summed E-state index contributed by atoms with van der Waals surface area (Å²) in [5.74, 6) is 0.790. The minimum atomic E-state index is -0.262. The fraction of sp³-hybridized carbons (Fsp3) is 0.143. The highest BCUT2D eigenvalue weighted by Gasteiger charge is 2.06. The summed E-state index contributed by atoms with van der Waals surface area (Å²) in [5, 5.41) is 0. The van der Waals surface area contributed by atoms with Crippen LogP contribution in [0.1, 0.15) is 5.56 Å². The van der Waals surface area contributed by atoms with Crippen LogP contribution < -0.4 is 10.5 Å². The molecule has 2 aromatic rings. The van der Waals surface area contributed by atoms with Crippen LogP contribution in [0.15, 0.2) is 45.8 Å². The maximum atomic E-state index is 13.8. The Bertz CT molecular complexity index is 592. The van der Waals surface area contributed by atoms with Gasteiger partial charge in [0.2, 0.25) is 0 Å². The van der Waals surface area contributed by atoms with E-state index in [0.29, 0.717) is 22.8 Å². The first-order valence-electron chi connectivity index (χ1n) is 5.60. The van der Waals surface area contributed by atoms with Crippen molar-refractivity contribution < 1.29 is 9.13 Å². The molecule has 0 atom stereocenters. The number of benzene rings is 2. The fourth-order valence-corrected chi connectivity index (χ4v) is 2.89. The predicted octanol–water partition coefficient (Wildman–Crippen LogP) is 4.47. The zero-order chi connectivity index (χ0) is 13.8. The van der Waals surface area contributed by atoms with Crippen LogP contribution in [0.2, 0.25) is 0 Å². The van der Waals surface area contributed by atoms with Crippen LogP contribution in [0, 0.1) is 5.82 Å². The molecule has 2 aromatic carbocycles. The van der Waals surface area contributed by atoms with Gasteiger partial charge in [0.1, 0.15) is 11.6 Å². The lowest BCUT2D eigenvalue weighted by Gasteiger charge is -2.08. The number of methoxy groups -OCH3 is 1. The molecule has 19 heavy (non-hydrogen) atoms. The number of halogens is 2. The van der Waals surface area contributed by atoms with Gasteiger partial charge in [-0.1, -0.05) is 22.0 Å². The number of hydrogen-bond donors (Lipinski definition) is 1. The molecule has 0 fully saturated rings. The smallest absolute Gasteiger partial charge is 0.130 e. The van der Waals surface area contributed by atoms with E-state index < -0.39 is 0 Å². The summed E-state index contributed by atoms with van der Waals surface area (Å²) in [5.41, 5.74) is 7.23. The van der Waals surface area contributed by atoms with Crippen LogP contribution in [-0.4, -0.2) is 7.11 Å². The quantitative estimate of drug-likeness (QED) is 0.658. The van der Waals surface area contributed by atoms with E-state index in [0.717, 1.165) is 9.37 Å². The highest BCUT2D eigenvalue weighted by Crippen LogP contribution is 2.31. The Morgan fingerprint density at radius 3 is 2.68 bits per heavy atom. The molecule has 100 valence electrons. The number of ether oxygens (including phenoxy) is 1. The molecule has 5 heteroatoms. The van der Waals surface area contributed by atoms with E-state index in [9.17, 15) is 4.39 Å². The van der Waals surface area contributed by atoms with E-state index in [1.54, 1.807) is 12.1 Å². The molecule has 0 saturated carbocycles. The van der Waals surface area contributed by atoms with Crippen LogP contribution >= 0.6 is 27.7 Å². The summed E-state index contributed by atoms with van der Waals surface area (Å²) in [7, 11) is 1.52. The molecule has 0 aliphatic rings. The Morgan fingerprint density at radius 1 is 1.26 bits per heavy atom. The molecule has 0 spiro atoms. The van der Waals surface area contributed by atoms with Crippen molar-refractivity contribution in [3.05, 3.63) is 52.3 Å². The summed E-state index contributed by atoms with van der Waals surface area (Å²) < 4.78 is 19.7. The highest BCUT2D eigenvalue weighted by molar-refractivity contribution is 9.10. The monoisotopic (exact) mass is 341 g/mol. The van der Waals surface area contributed by atoms with Gasteiger partial charge in [-0.25, -0.2) is 4.39 Å². The van der Waals surface area contributed by atoms with Gasteiger partial charge in [-0.05, 0) is 29.8 Å². The molecule has 0 aliphatic carbocycles. The lowest BCUT2D eigenvalue weighted by Crippen LogP contribution is -1.92. The second kappa shape index (κ2) is 6.30. The van der Waals surface area contributed by atoms with Gasteiger partial charge in [0.15, 0.2) is 0 Å². The van der Waals surface area contributed by atoms with Crippen molar-refractivity contribution in [3.63, 3.8) is 0 Å². The normalized spacial score (nSPS) is 10.5. The Labute approximate surface area is 124 Å². The first kappa shape index (κ1) is 14.2. The van der Waals surface area contributed by atoms with E-state index in [2.05, 4.69) is 15.9 Å². The van der Waals surface area contributed by atoms with Gasteiger partial charge in [-0.2, -0.15) is 0 Å². The standard InChI is InChI=1S/C14H13BrFNOS/c1-18-11-4-2-9(12(16)7-11)8-19-14-5-3-10(15)6-13(14)17/h2-7H,8,17H2,1H3. The number of thioether (sulfide) groups is 1. The maximum absolute atomic E-state index is 13.8. The van der Waals surface area contributed by atoms with Crippen LogP contribution in [0.4, 0.5) is 10.1 Å². The molecule has 0 bridgehead atoms. The molecule has 2 rings (SSSR count). The third kappa shape index (κ3) is 3.64. The van der Waals surface area contributed by atoms with Crippen molar-refractivity contribution in [2.45, 2.75) is 10.6 Å². The van der Waals surface area contributed by atoms with Crippen molar-refractivity contribution in [2.24, 2.45) is 0 Å². The SMILES string of the molecule is COc1ccc(CSc2ccc(Br)cc2N)c(F)c1. The fourth-order valence-electron chi connectivity index (χ4n) is 1.58. The summed E-state index contributed by atoms with van der Waals surface area (Å²) in [4.78, 5) is 0.943. The lowest BCUT2D eigenvalue weighted by atomic mass is 10.2. The van der Waals surface area contributed by atoms with Crippen molar-refractivity contribution >= 4 is 33.4 Å². The van der Waals surface area contributed by atoms with E-state index >= 15 is 0 Å². The number of nitrogen functional groups attached to an aromatic ring is 1. The number of hydrogen-bond acceptors (Lipinski definition) is 3. The van der Waals surface area contributed by atoms with Crippen LogP contribution in [0.5, 0.6) is 5.75 Å². The average molecular weight is 342 g/mol. The third-order valence-corrected chi connectivity index (χ3v) is 4.25. The maximum Gasteiger partial charge on any atom is 0.130 e. The molecule has 0 amide bonds. The van der Waals surface area contributed by atoms with E-state index in [1.165, 1.54) is 24.9 Å². The summed E-state index contributed by atoms with van der Waals surface area (Å²) in [6.45, 7) is 0. The molecule has 0 radical (unpaired) electrons. The molecule has 0 heterocycles. The molecular weight excluding hydrogens is 329 g/mol. The molecule has 0 unspecified atom stereocenters. The molecule has 2 N–H and O–H groups in total. The summed E-state index contributed by atoms with van der Waals surface area (Å²) >= 11 is 4.87. The molecule has 0 aliphatic heterocycles. The topological polar surface area (TPSA) is 35.2 Å². The second-order valence-electron chi connectivity index (χ2n) is 3.93. The number of anilines is 1. The molecular formula is C14H13BrFNOS. The van der Waals surface area contributed by atoms with Gasteiger partial charge < -0.3 is 10.5 Å². The van der Waals surface area contributed by atoms with Gasteiger partial charge in [0.25, 0.3) is 0 Å². The molecule has 2 nitrogen and oxygen atoms in total. The van der Waals surface area contributed by atoms with Crippen LogP contribution in [0.3, 0.4) is 0 Å². The highest BCUT2D eigenvalue weighted by atomic mass is 79.9. The van der Waals surface area contributed by atoms with Gasteiger partial charge in [-0.3, -0.25) is 0 Å². The van der Waals surface area contributed by atoms with E-state index in [1.807, 2.05) is 18.2 Å². The number of rotatable bonds is 4. The first-order chi connectivity index (χ1) is 9.10. The zero-order valence-corrected chi connectivity index (χ0v) is 12.7. The summed E-state index contributed by atoms with van der Waals surface area (Å²) in [6, 6.07) is 10.6. The van der Waals surface area contributed by atoms with Crippen molar-refractivity contribution in [1.29, 1.82) is 0 Å². The summed E-state index contributed by atoms with van der Waals surface area (Å²) in [6.07, 6.45) is 0. The van der Waals surface area contributed by atoms with Crippen LogP contribution in [0.25, 0.3) is 0 Å². The van der Waals surface area contributed by atoms with Gasteiger partial charge in [0, 0.05) is 26.9 Å². The minimum Gasteiger partial charge on any atom is -0.497 e. The molecule has 0 aromatic heterocycles. The average Bonchev–Trinajstić information content (AvgIpc) is 2.39. The Hall–Kier alpha value is -1.20. The zero-order valence-electron chi connectivity index (χ0n) is 10.3. The van der Waals surface area contributed by atoms with Gasteiger partial charge >= 0.3 is 0 Å². The van der Waals surface area contributed by atoms with Crippen molar-refractivity contribution in [2.75, 3.05) is 12.8 Å². The lowest BCUT2D eigenvalue weighted by molar-refractivity contribution is 0.411. The van der Waals surface area contributed by atoms with Crippen molar-refractivity contribution in [3.8, 4) is 5.75 Å². The minimum absolute atomic E-state index is 0.262. The Morgan fingerprint density at radius 2 is 2.05 bits per heavy atom. The van der Waals surface area contributed by atoms with Gasteiger partial charge in [-0.15, -0.1) is 11.8 Å². The van der Waals surface area contributed by atoms with E-state index in [4.69, 9.17) is 10.5 Å². The van der Waals surface area contributed by atoms with Crippen molar-refractivity contribution in [1.82, 2.24) is 0 Å². The third-order valence-electron chi connectivity index (χ3n) is 2.62.